The lowest BCUT2D eigenvalue weighted by atomic mass is 9.82. The predicted molar refractivity (Wildman–Crippen MR) is 97.8 cm³/mol. The van der Waals surface area contributed by atoms with E-state index >= 15 is 0 Å². The van der Waals surface area contributed by atoms with E-state index in [4.69, 9.17) is 9.26 Å². The number of hydrogen-bond acceptors (Lipinski definition) is 7. The van der Waals surface area contributed by atoms with E-state index in [1.165, 1.54) is 0 Å². The number of hydrogen-bond donors (Lipinski definition) is 1. The van der Waals surface area contributed by atoms with Crippen LogP contribution in [0.25, 0.3) is 0 Å². The highest BCUT2D eigenvalue weighted by molar-refractivity contribution is 5.95. The second kappa shape index (κ2) is 6.84. The molecule has 2 aromatic rings. The quantitative estimate of drug-likeness (QED) is 0.847. The number of aromatic nitrogens is 2. The highest BCUT2D eigenvalue weighted by Crippen LogP contribution is 2.43. The molecule has 8 heteroatoms. The molecule has 2 aliphatic rings. The molecule has 1 N–H and O–H groups in total. The average Bonchev–Trinajstić information content (AvgIpc) is 3.33. The zero-order valence-corrected chi connectivity index (χ0v) is 15.6. The first-order valence-electron chi connectivity index (χ1n) is 9.23. The van der Waals surface area contributed by atoms with E-state index in [-0.39, 0.29) is 23.8 Å². The first kappa shape index (κ1) is 17.8. The Balaban J connectivity index is 1.49. The number of aliphatic hydroxyl groups excluding tert-OH is 1. The lowest BCUT2D eigenvalue weighted by Crippen LogP contribution is -2.39. The van der Waals surface area contributed by atoms with Crippen molar-refractivity contribution in [3.05, 3.63) is 35.7 Å². The van der Waals surface area contributed by atoms with Gasteiger partial charge in [0.25, 0.3) is 11.9 Å². The fourth-order valence-electron chi connectivity index (χ4n) is 4.20. The molecular formula is C19H24N4O4. The van der Waals surface area contributed by atoms with Gasteiger partial charge in [0.1, 0.15) is 5.75 Å². The van der Waals surface area contributed by atoms with Crippen molar-refractivity contribution >= 4 is 11.9 Å². The molecule has 27 heavy (non-hydrogen) atoms. The zero-order chi connectivity index (χ0) is 19.0. The van der Waals surface area contributed by atoms with Crippen LogP contribution < -0.4 is 9.64 Å². The summed E-state index contributed by atoms with van der Waals surface area (Å²) in [5, 5.41) is 14.1. The molecule has 2 aliphatic heterocycles. The zero-order valence-electron chi connectivity index (χ0n) is 15.6. The van der Waals surface area contributed by atoms with Crippen molar-refractivity contribution in [1.29, 1.82) is 0 Å². The van der Waals surface area contributed by atoms with Crippen molar-refractivity contribution in [2.45, 2.75) is 13.8 Å². The van der Waals surface area contributed by atoms with Crippen LogP contribution in [0.1, 0.15) is 23.2 Å². The van der Waals surface area contributed by atoms with E-state index in [9.17, 15) is 9.90 Å². The third kappa shape index (κ3) is 3.14. The van der Waals surface area contributed by atoms with Crippen molar-refractivity contribution < 1.29 is 19.2 Å². The number of carbonyl (C=O) groups excluding carboxylic acids is 1. The summed E-state index contributed by atoms with van der Waals surface area (Å²) in [6.07, 6.45) is 0. The monoisotopic (exact) mass is 372 g/mol. The molecule has 0 unspecified atom stereocenters. The number of fused-ring (bicyclic) bond motifs is 1. The van der Waals surface area contributed by atoms with Gasteiger partial charge in [-0.2, -0.15) is 4.98 Å². The standard InChI is InChI=1S/C19H24N4O4/c1-3-26-16-6-4-5-14(7-16)17(25)22-8-15-9-23(11-19(15,10-22)12-24)18-20-13(2)27-21-18/h4-7,15,24H,3,8-12H2,1-2H3/t15-,19+/m1/s1. The first-order valence-corrected chi connectivity index (χ1v) is 9.23. The molecule has 3 heterocycles. The molecule has 2 saturated heterocycles. The lowest BCUT2D eigenvalue weighted by molar-refractivity contribution is 0.0747. The van der Waals surface area contributed by atoms with Crippen LogP contribution in [0.5, 0.6) is 5.75 Å². The summed E-state index contributed by atoms with van der Waals surface area (Å²) < 4.78 is 10.6. The van der Waals surface area contributed by atoms with E-state index < -0.39 is 0 Å². The summed E-state index contributed by atoms with van der Waals surface area (Å²) in [5.41, 5.74) is 0.251. The first-order chi connectivity index (χ1) is 13.0. The summed E-state index contributed by atoms with van der Waals surface area (Å²) in [4.78, 5) is 21.1. The summed E-state index contributed by atoms with van der Waals surface area (Å²) in [6, 6.07) is 7.26. The molecule has 1 aromatic carbocycles. The molecule has 0 radical (unpaired) electrons. The number of aryl methyl sites for hydroxylation is 1. The lowest BCUT2D eigenvalue weighted by Gasteiger charge is -2.26. The largest absolute Gasteiger partial charge is 0.494 e. The predicted octanol–water partition coefficient (Wildman–Crippen LogP) is 1.35. The molecule has 1 amide bonds. The van der Waals surface area contributed by atoms with Crippen LogP contribution >= 0.6 is 0 Å². The van der Waals surface area contributed by atoms with Crippen molar-refractivity contribution in [1.82, 2.24) is 15.0 Å². The number of aliphatic hydroxyl groups is 1. The Morgan fingerprint density at radius 2 is 2.26 bits per heavy atom. The van der Waals surface area contributed by atoms with Gasteiger partial charge < -0.3 is 24.2 Å². The van der Waals surface area contributed by atoms with Crippen molar-refractivity contribution in [2.75, 3.05) is 44.3 Å². The Bertz CT molecular complexity index is 839. The number of benzene rings is 1. The Morgan fingerprint density at radius 3 is 2.93 bits per heavy atom. The van der Waals surface area contributed by atoms with Gasteiger partial charge in [0.15, 0.2) is 0 Å². The van der Waals surface area contributed by atoms with Crippen LogP contribution in [0.3, 0.4) is 0 Å². The van der Waals surface area contributed by atoms with Gasteiger partial charge in [-0.1, -0.05) is 6.07 Å². The minimum absolute atomic E-state index is 0.0216. The maximum Gasteiger partial charge on any atom is 0.266 e. The Hall–Kier alpha value is -2.61. The van der Waals surface area contributed by atoms with Crippen LogP contribution in [0.4, 0.5) is 5.95 Å². The maximum absolute atomic E-state index is 13.0. The molecular weight excluding hydrogens is 348 g/mol. The van der Waals surface area contributed by atoms with Gasteiger partial charge in [-0.25, -0.2) is 0 Å². The summed E-state index contributed by atoms with van der Waals surface area (Å²) in [7, 11) is 0. The van der Waals surface area contributed by atoms with Gasteiger partial charge >= 0.3 is 0 Å². The summed E-state index contributed by atoms with van der Waals surface area (Å²) >= 11 is 0. The van der Waals surface area contributed by atoms with E-state index in [0.29, 0.717) is 55.9 Å². The van der Waals surface area contributed by atoms with Crippen LogP contribution in [-0.2, 0) is 0 Å². The second-order valence-electron chi connectivity index (χ2n) is 7.36. The average molecular weight is 372 g/mol. The molecule has 0 bridgehead atoms. The molecule has 0 aliphatic carbocycles. The highest BCUT2D eigenvalue weighted by atomic mass is 16.5. The molecule has 1 aromatic heterocycles. The van der Waals surface area contributed by atoms with E-state index in [1.807, 2.05) is 28.9 Å². The van der Waals surface area contributed by atoms with E-state index in [2.05, 4.69) is 10.1 Å². The minimum atomic E-state index is -0.359. The third-order valence-electron chi connectivity index (χ3n) is 5.55. The molecule has 2 atom stereocenters. The Kier molecular flexibility index (Phi) is 4.51. The van der Waals surface area contributed by atoms with Gasteiger partial charge in [-0.15, -0.1) is 0 Å². The number of carbonyl (C=O) groups is 1. The molecule has 2 fully saturated rings. The summed E-state index contributed by atoms with van der Waals surface area (Å²) in [6.45, 7) is 6.67. The van der Waals surface area contributed by atoms with Gasteiger partial charge in [-0.3, -0.25) is 4.79 Å². The Labute approximate surface area is 157 Å². The van der Waals surface area contributed by atoms with Gasteiger partial charge in [0, 0.05) is 50.0 Å². The van der Waals surface area contributed by atoms with Gasteiger partial charge in [0.2, 0.25) is 5.89 Å². The Morgan fingerprint density at radius 1 is 1.41 bits per heavy atom. The van der Waals surface area contributed by atoms with Crippen molar-refractivity contribution in [3.8, 4) is 5.75 Å². The number of amides is 1. The van der Waals surface area contributed by atoms with Crippen molar-refractivity contribution in [3.63, 3.8) is 0 Å². The molecule has 144 valence electrons. The van der Waals surface area contributed by atoms with Gasteiger partial charge in [0.05, 0.1) is 13.2 Å². The van der Waals surface area contributed by atoms with Crippen LogP contribution in [0.15, 0.2) is 28.8 Å². The minimum Gasteiger partial charge on any atom is -0.494 e. The normalized spacial score (nSPS) is 24.3. The number of likely N-dealkylation sites (tertiary alicyclic amines) is 1. The maximum atomic E-state index is 13.0. The number of ether oxygens (including phenoxy) is 1. The molecule has 4 rings (SSSR count). The SMILES string of the molecule is CCOc1cccc(C(=O)N2C[C@@H]3CN(c4noc(C)n4)C[C@]3(CO)C2)c1. The fraction of sp³-hybridized carbons (Fsp3) is 0.526. The number of nitrogens with zero attached hydrogens (tertiary/aromatic N) is 4. The fourth-order valence-corrected chi connectivity index (χ4v) is 4.20. The topological polar surface area (TPSA) is 91.9 Å². The van der Waals surface area contributed by atoms with E-state index in [1.54, 1.807) is 19.1 Å². The molecule has 0 saturated carbocycles. The third-order valence-corrected chi connectivity index (χ3v) is 5.55. The van der Waals surface area contributed by atoms with E-state index in [0.717, 1.165) is 0 Å². The van der Waals surface area contributed by atoms with Crippen molar-refractivity contribution in [2.24, 2.45) is 11.3 Å². The molecule has 8 nitrogen and oxygen atoms in total. The molecule has 0 spiro atoms. The second-order valence-corrected chi connectivity index (χ2v) is 7.36. The van der Waals surface area contributed by atoms with Crippen LogP contribution in [-0.4, -0.2) is 65.4 Å². The highest BCUT2D eigenvalue weighted by Gasteiger charge is 2.54. The number of rotatable bonds is 5. The number of anilines is 1. The van der Waals surface area contributed by atoms with Crippen LogP contribution in [0.2, 0.25) is 0 Å². The van der Waals surface area contributed by atoms with Gasteiger partial charge in [-0.05, 0) is 30.3 Å². The van der Waals surface area contributed by atoms with Crippen LogP contribution in [0, 0.1) is 18.3 Å². The smallest absolute Gasteiger partial charge is 0.266 e. The summed E-state index contributed by atoms with van der Waals surface area (Å²) in [5.74, 6) is 1.91.